The van der Waals surface area contributed by atoms with Crippen molar-refractivity contribution in [3.63, 3.8) is 0 Å². The molecule has 1 saturated heterocycles. The van der Waals surface area contributed by atoms with Crippen LogP contribution in [0.3, 0.4) is 0 Å². The topological polar surface area (TPSA) is 49.4 Å². The largest absolute Gasteiger partial charge is 0.353 e. The predicted octanol–water partition coefficient (Wildman–Crippen LogP) is 3.70. The molecule has 3 rings (SSSR count). The zero-order chi connectivity index (χ0) is 18.4. The van der Waals surface area contributed by atoms with E-state index < -0.39 is 0 Å². The fourth-order valence-corrected chi connectivity index (χ4v) is 4.16. The van der Waals surface area contributed by atoms with E-state index in [0.717, 1.165) is 32.0 Å². The number of hydrogen-bond acceptors (Lipinski definition) is 3. The predicted molar refractivity (Wildman–Crippen MR) is 99.6 cm³/mol. The quantitative estimate of drug-likeness (QED) is 0.787. The molecular formula is C21H29FN2O2. The lowest BCUT2D eigenvalue weighted by Crippen LogP contribution is -2.48. The summed E-state index contributed by atoms with van der Waals surface area (Å²) in [6.45, 7) is 2.12. The van der Waals surface area contributed by atoms with Crippen LogP contribution in [0.1, 0.15) is 68.1 Å². The number of likely N-dealkylation sites (tertiary alicyclic amines) is 1. The molecule has 0 radical (unpaired) electrons. The summed E-state index contributed by atoms with van der Waals surface area (Å²) >= 11 is 0. The second-order valence-corrected chi connectivity index (χ2v) is 7.60. The summed E-state index contributed by atoms with van der Waals surface area (Å²) < 4.78 is 12.9. The normalized spacial score (nSPS) is 20.0. The van der Waals surface area contributed by atoms with Gasteiger partial charge in [-0.15, -0.1) is 0 Å². The number of hydrogen-bond donors (Lipinski definition) is 1. The van der Waals surface area contributed by atoms with Crippen LogP contribution in [0.15, 0.2) is 24.3 Å². The Labute approximate surface area is 155 Å². The van der Waals surface area contributed by atoms with E-state index in [-0.39, 0.29) is 36.4 Å². The fraction of sp³-hybridized carbons (Fsp3) is 0.619. The number of ketones is 1. The number of Topliss-reactive ketones (excluding diaryl/α,β-unsaturated/α-hetero) is 1. The number of halogens is 1. The molecule has 0 unspecified atom stereocenters. The highest BCUT2D eigenvalue weighted by Gasteiger charge is 2.26. The standard InChI is InChI=1S/C21H29FN2O2/c22-17-8-6-16(7-9-17)20(25)10-11-21(26)23-18-12-14-24(15-13-18)19-4-2-1-3-5-19/h6-9,18-19H,1-5,10-15H2,(H,23,26). The number of carbonyl (C=O) groups is 2. The lowest BCUT2D eigenvalue weighted by atomic mass is 9.92. The van der Waals surface area contributed by atoms with E-state index in [0.29, 0.717) is 5.56 Å². The smallest absolute Gasteiger partial charge is 0.220 e. The first-order valence-electron chi connectivity index (χ1n) is 9.94. The maximum Gasteiger partial charge on any atom is 0.220 e. The number of nitrogens with zero attached hydrogens (tertiary/aromatic N) is 1. The van der Waals surface area contributed by atoms with Crippen molar-refractivity contribution < 1.29 is 14.0 Å². The Balaban J connectivity index is 1.36. The van der Waals surface area contributed by atoms with E-state index in [1.807, 2.05) is 0 Å². The van der Waals surface area contributed by atoms with Gasteiger partial charge in [-0.25, -0.2) is 4.39 Å². The maximum absolute atomic E-state index is 12.9. The number of rotatable bonds is 6. The average Bonchev–Trinajstić information content (AvgIpc) is 2.68. The summed E-state index contributed by atoms with van der Waals surface area (Å²) in [5.74, 6) is -0.539. The van der Waals surface area contributed by atoms with Crippen LogP contribution in [-0.4, -0.2) is 41.8 Å². The summed E-state index contributed by atoms with van der Waals surface area (Å²) in [5, 5.41) is 3.08. The third kappa shape index (κ3) is 5.37. The van der Waals surface area contributed by atoms with Crippen molar-refractivity contribution in [2.24, 2.45) is 0 Å². The fourth-order valence-electron chi connectivity index (χ4n) is 4.16. The van der Waals surface area contributed by atoms with Gasteiger partial charge in [0.2, 0.25) is 5.91 Å². The van der Waals surface area contributed by atoms with E-state index in [4.69, 9.17) is 0 Å². The van der Waals surface area contributed by atoms with E-state index >= 15 is 0 Å². The molecule has 0 bridgehead atoms. The molecule has 1 aromatic rings. The molecule has 0 atom stereocenters. The Hall–Kier alpha value is -1.75. The maximum atomic E-state index is 12.9. The zero-order valence-electron chi connectivity index (χ0n) is 15.4. The molecule has 1 aromatic carbocycles. The van der Waals surface area contributed by atoms with Crippen molar-refractivity contribution >= 4 is 11.7 Å². The van der Waals surface area contributed by atoms with Crippen LogP contribution in [0.5, 0.6) is 0 Å². The summed E-state index contributed by atoms with van der Waals surface area (Å²) in [6.07, 6.45) is 9.07. The second kappa shape index (κ2) is 9.26. The molecule has 1 amide bonds. The lowest BCUT2D eigenvalue weighted by Gasteiger charge is -2.39. The van der Waals surface area contributed by atoms with Crippen molar-refractivity contribution in [1.29, 1.82) is 0 Å². The highest BCUT2D eigenvalue weighted by atomic mass is 19.1. The molecule has 1 saturated carbocycles. The van der Waals surface area contributed by atoms with Gasteiger partial charge in [-0.1, -0.05) is 19.3 Å². The Morgan fingerprint density at radius 2 is 1.62 bits per heavy atom. The summed E-state index contributed by atoms with van der Waals surface area (Å²) in [4.78, 5) is 26.8. The van der Waals surface area contributed by atoms with Gasteiger partial charge < -0.3 is 10.2 Å². The van der Waals surface area contributed by atoms with Gasteiger partial charge in [0.05, 0.1) is 0 Å². The SMILES string of the molecule is O=C(CCC(=O)c1ccc(F)cc1)NC1CCN(C2CCCCC2)CC1. The Kier molecular flexibility index (Phi) is 6.78. The van der Waals surface area contributed by atoms with Gasteiger partial charge in [0, 0.05) is 43.6 Å². The van der Waals surface area contributed by atoms with Crippen molar-refractivity contribution in [1.82, 2.24) is 10.2 Å². The van der Waals surface area contributed by atoms with Gasteiger partial charge >= 0.3 is 0 Å². The van der Waals surface area contributed by atoms with Crippen LogP contribution in [0.25, 0.3) is 0 Å². The highest BCUT2D eigenvalue weighted by molar-refractivity contribution is 5.97. The number of amides is 1. The van der Waals surface area contributed by atoms with Gasteiger partial charge in [-0.2, -0.15) is 0 Å². The van der Waals surface area contributed by atoms with E-state index in [1.165, 1.54) is 56.4 Å². The monoisotopic (exact) mass is 360 g/mol. The van der Waals surface area contributed by atoms with Crippen LogP contribution in [0, 0.1) is 5.82 Å². The summed E-state index contributed by atoms with van der Waals surface area (Å²) in [5.41, 5.74) is 0.458. The van der Waals surface area contributed by atoms with Gasteiger partial charge in [-0.3, -0.25) is 9.59 Å². The molecule has 2 fully saturated rings. The number of nitrogens with one attached hydrogen (secondary N) is 1. The van der Waals surface area contributed by atoms with Crippen molar-refractivity contribution in [3.8, 4) is 0 Å². The van der Waals surface area contributed by atoms with Gasteiger partial charge in [0.1, 0.15) is 5.82 Å². The first kappa shape index (κ1) is 19.0. The molecule has 1 aliphatic heterocycles. The molecule has 2 aliphatic rings. The lowest BCUT2D eigenvalue weighted by molar-refractivity contribution is -0.122. The van der Waals surface area contributed by atoms with E-state index in [9.17, 15) is 14.0 Å². The third-order valence-electron chi connectivity index (χ3n) is 5.73. The minimum absolute atomic E-state index is 0.0587. The van der Waals surface area contributed by atoms with Crippen LogP contribution in [-0.2, 0) is 4.79 Å². The Morgan fingerprint density at radius 1 is 0.962 bits per heavy atom. The molecule has 0 spiro atoms. The zero-order valence-corrected chi connectivity index (χ0v) is 15.4. The van der Waals surface area contributed by atoms with E-state index in [1.54, 1.807) is 0 Å². The van der Waals surface area contributed by atoms with Gasteiger partial charge in [-0.05, 0) is 49.9 Å². The second-order valence-electron chi connectivity index (χ2n) is 7.60. The summed E-state index contributed by atoms with van der Waals surface area (Å²) in [7, 11) is 0. The highest BCUT2D eigenvalue weighted by Crippen LogP contribution is 2.25. The number of carbonyl (C=O) groups excluding carboxylic acids is 2. The van der Waals surface area contributed by atoms with Crippen LogP contribution < -0.4 is 5.32 Å². The molecule has 1 heterocycles. The van der Waals surface area contributed by atoms with Crippen molar-refractivity contribution in [2.45, 2.75) is 69.9 Å². The van der Waals surface area contributed by atoms with Crippen molar-refractivity contribution in [3.05, 3.63) is 35.6 Å². The minimum atomic E-state index is -0.362. The Bertz CT molecular complexity index is 603. The first-order valence-corrected chi connectivity index (χ1v) is 9.94. The van der Waals surface area contributed by atoms with Crippen LogP contribution >= 0.6 is 0 Å². The molecule has 4 nitrogen and oxygen atoms in total. The van der Waals surface area contributed by atoms with Crippen LogP contribution in [0.4, 0.5) is 4.39 Å². The minimum Gasteiger partial charge on any atom is -0.353 e. The number of piperidine rings is 1. The molecule has 1 N–H and O–H groups in total. The van der Waals surface area contributed by atoms with Crippen LogP contribution in [0.2, 0.25) is 0 Å². The van der Waals surface area contributed by atoms with Gasteiger partial charge in [0.25, 0.3) is 0 Å². The third-order valence-corrected chi connectivity index (χ3v) is 5.73. The first-order chi connectivity index (χ1) is 12.6. The molecular weight excluding hydrogens is 331 g/mol. The van der Waals surface area contributed by atoms with Gasteiger partial charge in [0.15, 0.2) is 5.78 Å². The molecule has 142 valence electrons. The molecule has 26 heavy (non-hydrogen) atoms. The average molecular weight is 360 g/mol. The molecule has 0 aromatic heterocycles. The number of benzene rings is 1. The van der Waals surface area contributed by atoms with Crippen molar-refractivity contribution in [2.75, 3.05) is 13.1 Å². The molecule has 1 aliphatic carbocycles. The Morgan fingerprint density at radius 3 is 2.27 bits per heavy atom. The van der Waals surface area contributed by atoms with E-state index in [2.05, 4.69) is 10.2 Å². The summed E-state index contributed by atoms with van der Waals surface area (Å²) in [6, 6.07) is 6.45. The molecule has 5 heteroatoms.